The number of hydrogen-bond donors (Lipinski definition) is 1. The van der Waals surface area contributed by atoms with Crippen molar-refractivity contribution in [3.63, 3.8) is 0 Å². The van der Waals surface area contributed by atoms with E-state index < -0.39 is 54.5 Å². The summed E-state index contributed by atoms with van der Waals surface area (Å²) in [7, 11) is 0. The van der Waals surface area contributed by atoms with Gasteiger partial charge in [-0.05, 0) is 13.8 Å². The molecule has 0 spiro atoms. The van der Waals surface area contributed by atoms with Crippen LogP contribution in [0.4, 0.5) is 0 Å². The van der Waals surface area contributed by atoms with E-state index in [1.807, 2.05) is 0 Å². The number of carbonyl (C=O) groups excluding carboxylic acids is 4. The third-order valence-corrected chi connectivity index (χ3v) is 3.48. The van der Waals surface area contributed by atoms with Crippen LogP contribution in [0.5, 0.6) is 0 Å². The van der Waals surface area contributed by atoms with Gasteiger partial charge in [0.15, 0.2) is 18.5 Å². The second-order valence-electron chi connectivity index (χ2n) is 6.40. The average Bonchev–Trinajstić information content (AvgIpc) is 2.49. The van der Waals surface area contributed by atoms with Gasteiger partial charge in [-0.15, -0.1) is 0 Å². The lowest BCUT2D eigenvalue weighted by molar-refractivity contribution is -0.285. The lowest BCUT2D eigenvalue weighted by Crippen LogP contribution is -2.66. The van der Waals surface area contributed by atoms with E-state index >= 15 is 0 Å². The molecule has 0 aromatic rings. The lowest BCUT2D eigenvalue weighted by Gasteiger charge is -2.45. The van der Waals surface area contributed by atoms with Gasteiger partial charge in [-0.1, -0.05) is 0 Å². The Kier molecular flexibility index (Phi) is 8.64. The number of hydrogen-bond acceptors (Lipinski definition) is 9. The van der Waals surface area contributed by atoms with Crippen LogP contribution in [0, 0.1) is 0 Å². The zero-order valence-corrected chi connectivity index (χ0v) is 16.3. The molecule has 10 nitrogen and oxygen atoms in total. The molecule has 1 aliphatic rings. The summed E-state index contributed by atoms with van der Waals surface area (Å²) in [4.78, 5) is 46.0. The largest absolute Gasteiger partial charge is 0.463 e. The summed E-state index contributed by atoms with van der Waals surface area (Å²) in [5.41, 5.74) is 0. The van der Waals surface area contributed by atoms with Crippen LogP contribution in [-0.2, 0) is 42.9 Å². The molecule has 0 radical (unpaired) electrons. The molecule has 1 saturated heterocycles. The van der Waals surface area contributed by atoms with Gasteiger partial charge in [0, 0.05) is 27.7 Å². The van der Waals surface area contributed by atoms with Crippen LogP contribution in [0.2, 0.25) is 0 Å². The van der Waals surface area contributed by atoms with Crippen molar-refractivity contribution in [3.05, 3.63) is 0 Å². The highest BCUT2D eigenvalue weighted by molar-refractivity contribution is 5.73. The Bertz CT molecular complexity index is 563. The van der Waals surface area contributed by atoms with E-state index in [-0.39, 0.29) is 12.7 Å². The first-order valence-corrected chi connectivity index (χ1v) is 8.57. The molecule has 1 heterocycles. The fourth-order valence-electron chi connectivity index (χ4n) is 2.68. The summed E-state index contributed by atoms with van der Waals surface area (Å²) >= 11 is 0. The highest BCUT2D eigenvalue weighted by atomic mass is 16.7. The molecule has 0 aromatic carbocycles. The second kappa shape index (κ2) is 10.2. The van der Waals surface area contributed by atoms with E-state index in [9.17, 15) is 19.2 Å². The highest BCUT2D eigenvalue weighted by Gasteiger charge is 2.51. The van der Waals surface area contributed by atoms with Crippen molar-refractivity contribution < 1.29 is 42.9 Å². The van der Waals surface area contributed by atoms with Gasteiger partial charge in [-0.2, -0.15) is 0 Å². The Labute approximate surface area is 157 Å². The fraction of sp³-hybridized carbons (Fsp3) is 0.765. The maximum atomic E-state index is 11.7. The molecule has 154 valence electrons. The summed E-state index contributed by atoms with van der Waals surface area (Å²) in [6, 6.07) is -0.938. The average molecular weight is 389 g/mol. The standard InChI is InChI=1S/C17H27NO9/c1-8(2)24-17-14(18-9(3)19)16(26-12(6)22)15(25-11(5)21)13(27-17)7-23-10(4)20/h8,13-17H,7H2,1-6H3,(H,18,19)/t13-,14+,15+,16+,17-/m1/s1. The van der Waals surface area contributed by atoms with E-state index in [2.05, 4.69) is 5.32 Å². The molecule has 1 aliphatic heterocycles. The minimum absolute atomic E-state index is 0.254. The summed E-state index contributed by atoms with van der Waals surface area (Å²) < 4.78 is 27.1. The van der Waals surface area contributed by atoms with Gasteiger partial charge in [0.1, 0.15) is 18.8 Å². The van der Waals surface area contributed by atoms with Crippen LogP contribution in [0.25, 0.3) is 0 Å². The third-order valence-electron chi connectivity index (χ3n) is 3.48. The lowest BCUT2D eigenvalue weighted by atomic mass is 9.96. The van der Waals surface area contributed by atoms with Crippen molar-refractivity contribution in [2.24, 2.45) is 0 Å². The molecule has 1 amide bonds. The Morgan fingerprint density at radius 2 is 1.48 bits per heavy atom. The smallest absolute Gasteiger partial charge is 0.303 e. The minimum Gasteiger partial charge on any atom is -0.463 e. The fourth-order valence-corrected chi connectivity index (χ4v) is 2.68. The van der Waals surface area contributed by atoms with Crippen LogP contribution in [0.3, 0.4) is 0 Å². The van der Waals surface area contributed by atoms with Crippen molar-refractivity contribution in [3.8, 4) is 0 Å². The monoisotopic (exact) mass is 389 g/mol. The maximum absolute atomic E-state index is 11.7. The molecule has 5 atom stereocenters. The molecule has 1 rings (SSSR count). The van der Waals surface area contributed by atoms with Gasteiger partial charge >= 0.3 is 17.9 Å². The van der Waals surface area contributed by atoms with Crippen LogP contribution in [0.1, 0.15) is 41.5 Å². The van der Waals surface area contributed by atoms with Crippen molar-refractivity contribution in [2.75, 3.05) is 6.61 Å². The highest BCUT2D eigenvalue weighted by Crippen LogP contribution is 2.28. The van der Waals surface area contributed by atoms with E-state index in [1.54, 1.807) is 13.8 Å². The number of amides is 1. The van der Waals surface area contributed by atoms with E-state index in [0.717, 1.165) is 0 Å². The molecule has 1 N–H and O–H groups in total. The first-order chi connectivity index (χ1) is 12.5. The van der Waals surface area contributed by atoms with Gasteiger partial charge in [0.25, 0.3) is 0 Å². The SMILES string of the molecule is CC(=O)N[C@@H]1[C@H](OC(C)C)O[C@H](COC(C)=O)[C@H](OC(C)=O)[C@H]1OC(C)=O. The Morgan fingerprint density at radius 3 is 1.93 bits per heavy atom. The van der Waals surface area contributed by atoms with Crippen LogP contribution < -0.4 is 5.32 Å². The number of carbonyl (C=O) groups is 4. The Hall–Kier alpha value is -2.20. The van der Waals surface area contributed by atoms with Crippen molar-refractivity contribution in [2.45, 2.75) is 78.3 Å². The molecule has 0 unspecified atom stereocenters. The summed E-state index contributed by atoms with van der Waals surface area (Å²) in [6.07, 6.45) is -4.49. The maximum Gasteiger partial charge on any atom is 0.303 e. The molecular weight excluding hydrogens is 362 g/mol. The second-order valence-corrected chi connectivity index (χ2v) is 6.40. The number of nitrogens with one attached hydrogen (secondary N) is 1. The molecule has 1 fully saturated rings. The summed E-state index contributed by atoms with van der Waals surface area (Å²) in [6.45, 7) is 8.12. The minimum atomic E-state index is -1.12. The Balaban J connectivity index is 3.27. The zero-order chi connectivity index (χ0) is 20.7. The first-order valence-electron chi connectivity index (χ1n) is 8.57. The summed E-state index contributed by atoms with van der Waals surface area (Å²) in [5.74, 6) is -2.28. The van der Waals surface area contributed by atoms with Crippen molar-refractivity contribution in [1.82, 2.24) is 5.32 Å². The quantitative estimate of drug-likeness (QED) is 0.475. The number of rotatable bonds is 7. The third kappa shape index (κ3) is 7.51. The molecule has 0 aromatic heterocycles. The molecule has 27 heavy (non-hydrogen) atoms. The van der Waals surface area contributed by atoms with E-state index in [4.69, 9.17) is 23.7 Å². The van der Waals surface area contributed by atoms with E-state index in [1.165, 1.54) is 27.7 Å². The molecular formula is C17H27NO9. The van der Waals surface area contributed by atoms with Gasteiger partial charge in [0.05, 0.1) is 6.10 Å². The number of esters is 3. The Morgan fingerprint density at radius 1 is 0.926 bits per heavy atom. The van der Waals surface area contributed by atoms with Crippen LogP contribution in [-0.4, -0.2) is 67.2 Å². The topological polar surface area (TPSA) is 126 Å². The number of ether oxygens (including phenoxy) is 5. The van der Waals surface area contributed by atoms with Crippen LogP contribution >= 0.6 is 0 Å². The van der Waals surface area contributed by atoms with Crippen molar-refractivity contribution >= 4 is 23.8 Å². The molecule has 0 bridgehead atoms. The van der Waals surface area contributed by atoms with Gasteiger partial charge < -0.3 is 29.0 Å². The molecule has 0 aliphatic carbocycles. The predicted molar refractivity (Wildman–Crippen MR) is 90.2 cm³/mol. The van der Waals surface area contributed by atoms with Gasteiger partial charge in [-0.25, -0.2) is 0 Å². The molecule has 0 saturated carbocycles. The van der Waals surface area contributed by atoms with Gasteiger partial charge in [-0.3, -0.25) is 19.2 Å². The van der Waals surface area contributed by atoms with Crippen molar-refractivity contribution in [1.29, 1.82) is 0 Å². The first kappa shape index (κ1) is 22.8. The normalized spacial score (nSPS) is 27.6. The predicted octanol–water partition coefficient (Wildman–Crippen LogP) is 0.0675. The van der Waals surface area contributed by atoms with Crippen LogP contribution in [0.15, 0.2) is 0 Å². The van der Waals surface area contributed by atoms with E-state index in [0.29, 0.717) is 0 Å². The van der Waals surface area contributed by atoms with Gasteiger partial charge in [0.2, 0.25) is 5.91 Å². The summed E-state index contributed by atoms with van der Waals surface area (Å²) in [5, 5.41) is 2.62. The molecule has 10 heteroatoms. The zero-order valence-electron chi connectivity index (χ0n) is 16.3.